The van der Waals surface area contributed by atoms with Crippen molar-refractivity contribution >= 4 is 5.69 Å². The van der Waals surface area contributed by atoms with Gasteiger partial charge in [-0.2, -0.15) is 9.49 Å². The van der Waals surface area contributed by atoms with E-state index in [0.29, 0.717) is 6.07 Å². The van der Waals surface area contributed by atoms with Gasteiger partial charge in [-0.1, -0.05) is 0 Å². The molecule has 0 saturated carbocycles. The Balaban J connectivity index is 2.13. The van der Waals surface area contributed by atoms with E-state index in [2.05, 4.69) is 15.5 Å². The van der Waals surface area contributed by atoms with Gasteiger partial charge in [0.1, 0.15) is 5.82 Å². The first-order valence-electron chi connectivity index (χ1n) is 5.83. The van der Waals surface area contributed by atoms with E-state index in [0.717, 1.165) is 11.6 Å². The summed E-state index contributed by atoms with van der Waals surface area (Å²) in [4.78, 5) is 9.74. The van der Waals surface area contributed by atoms with Gasteiger partial charge in [0.15, 0.2) is 0 Å². The molecule has 0 saturated heterocycles. The Labute approximate surface area is 113 Å². The zero-order valence-corrected chi connectivity index (χ0v) is 10.6. The minimum atomic E-state index is -1.18. The van der Waals surface area contributed by atoms with Crippen LogP contribution < -0.4 is 5.32 Å². The number of aromatic amines is 1. The molecule has 1 unspecified atom stereocenters. The number of nitrogens with zero attached hydrogens (tertiary/aromatic N) is 2. The van der Waals surface area contributed by atoms with Crippen LogP contribution in [0.1, 0.15) is 24.1 Å². The van der Waals surface area contributed by atoms with Crippen LogP contribution >= 0.6 is 0 Å². The highest BCUT2D eigenvalue weighted by Crippen LogP contribution is 2.22. The molecule has 0 aliphatic rings. The minimum Gasteiger partial charge on any atom is -0.306 e. The second-order valence-corrected chi connectivity index (χ2v) is 4.29. The van der Waals surface area contributed by atoms with Crippen LogP contribution in [0.25, 0.3) is 0 Å². The molecule has 1 heterocycles. The first-order valence-corrected chi connectivity index (χ1v) is 5.83. The molecule has 0 spiro atoms. The van der Waals surface area contributed by atoms with Gasteiger partial charge in [0.25, 0.3) is 0 Å². The lowest BCUT2D eigenvalue weighted by Crippen LogP contribution is -2.18. The molecule has 0 fully saturated rings. The molecule has 0 radical (unpaired) electrons. The third-order valence-electron chi connectivity index (χ3n) is 2.93. The van der Waals surface area contributed by atoms with Gasteiger partial charge in [0, 0.05) is 42.0 Å². The number of rotatable bonds is 5. The maximum Gasteiger partial charge on any atom is 0.305 e. The number of benzene rings is 1. The SMILES string of the molecule is CC(NCc1cc([N+](=O)[O-])c(F)cc1F)c1cn[nH]c1. The highest BCUT2D eigenvalue weighted by atomic mass is 19.1. The second kappa shape index (κ2) is 5.74. The number of hydrogen-bond acceptors (Lipinski definition) is 4. The summed E-state index contributed by atoms with van der Waals surface area (Å²) in [7, 11) is 0. The first-order chi connectivity index (χ1) is 9.49. The van der Waals surface area contributed by atoms with Crippen LogP contribution in [0, 0.1) is 21.7 Å². The Kier molecular flexibility index (Phi) is 4.04. The van der Waals surface area contributed by atoms with Crippen molar-refractivity contribution in [2.75, 3.05) is 0 Å². The number of nitro benzene ring substituents is 1. The predicted molar refractivity (Wildman–Crippen MR) is 66.9 cm³/mol. The molecule has 20 heavy (non-hydrogen) atoms. The number of nitrogens with one attached hydrogen (secondary N) is 2. The number of aromatic nitrogens is 2. The third-order valence-corrected chi connectivity index (χ3v) is 2.93. The normalized spacial score (nSPS) is 12.3. The molecule has 0 aliphatic carbocycles. The lowest BCUT2D eigenvalue weighted by Gasteiger charge is -2.12. The quantitative estimate of drug-likeness (QED) is 0.651. The van der Waals surface area contributed by atoms with E-state index >= 15 is 0 Å². The summed E-state index contributed by atoms with van der Waals surface area (Å²) in [6.45, 7) is 1.87. The lowest BCUT2D eigenvalue weighted by molar-refractivity contribution is -0.387. The fraction of sp³-hybridized carbons (Fsp3) is 0.250. The van der Waals surface area contributed by atoms with E-state index in [4.69, 9.17) is 0 Å². The monoisotopic (exact) mass is 282 g/mol. The summed E-state index contributed by atoms with van der Waals surface area (Å²) in [5.74, 6) is -2.00. The Morgan fingerprint density at radius 3 is 2.80 bits per heavy atom. The Morgan fingerprint density at radius 1 is 1.45 bits per heavy atom. The minimum absolute atomic E-state index is 0.0356. The van der Waals surface area contributed by atoms with E-state index in [9.17, 15) is 18.9 Å². The molecule has 1 atom stereocenters. The topological polar surface area (TPSA) is 83.8 Å². The fourth-order valence-electron chi connectivity index (χ4n) is 1.73. The maximum atomic E-state index is 13.6. The van der Waals surface area contributed by atoms with Crippen LogP contribution in [-0.4, -0.2) is 15.1 Å². The van der Waals surface area contributed by atoms with Crippen LogP contribution in [0.2, 0.25) is 0 Å². The van der Waals surface area contributed by atoms with Crippen LogP contribution in [0.15, 0.2) is 24.5 Å². The lowest BCUT2D eigenvalue weighted by atomic mass is 10.1. The second-order valence-electron chi connectivity index (χ2n) is 4.29. The van der Waals surface area contributed by atoms with Crippen molar-refractivity contribution in [1.82, 2.24) is 15.5 Å². The first kappa shape index (κ1) is 14.1. The summed E-state index contributed by atoms with van der Waals surface area (Å²) in [5, 5.41) is 20.0. The highest BCUT2D eigenvalue weighted by Gasteiger charge is 2.18. The molecule has 2 N–H and O–H groups in total. The summed E-state index contributed by atoms with van der Waals surface area (Å²) < 4.78 is 26.8. The van der Waals surface area contributed by atoms with Crippen molar-refractivity contribution in [3.63, 3.8) is 0 Å². The van der Waals surface area contributed by atoms with Crippen molar-refractivity contribution in [2.24, 2.45) is 0 Å². The number of H-pyrrole nitrogens is 1. The molecule has 6 nitrogen and oxygen atoms in total. The zero-order valence-electron chi connectivity index (χ0n) is 10.6. The summed E-state index contributed by atoms with van der Waals surface area (Å²) in [6, 6.07) is 1.30. The van der Waals surface area contributed by atoms with Gasteiger partial charge >= 0.3 is 5.69 Å². The molecular formula is C12H12F2N4O2. The van der Waals surface area contributed by atoms with Gasteiger partial charge in [-0.05, 0) is 6.92 Å². The van der Waals surface area contributed by atoms with Crippen molar-refractivity contribution < 1.29 is 13.7 Å². The van der Waals surface area contributed by atoms with Crippen molar-refractivity contribution in [3.05, 3.63) is 57.4 Å². The van der Waals surface area contributed by atoms with Gasteiger partial charge in [0.2, 0.25) is 5.82 Å². The van der Waals surface area contributed by atoms with Gasteiger partial charge in [-0.3, -0.25) is 15.2 Å². The predicted octanol–water partition coefficient (Wildman–Crippen LogP) is 2.45. The molecule has 8 heteroatoms. The van der Waals surface area contributed by atoms with Crippen LogP contribution in [0.5, 0.6) is 0 Å². The molecule has 0 aliphatic heterocycles. The summed E-state index contributed by atoms with van der Waals surface area (Å²) in [6.07, 6.45) is 3.29. The van der Waals surface area contributed by atoms with Crippen LogP contribution in [0.4, 0.5) is 14.5 Å². The Morgan fingerprint density at radius 2 is 2.20 bits per heavy atom. The average Bonchev–Trinajstić information content (AvgIpc) is 2.90. The largest absolute Gasteiger partial charge is 0.306 e. The molecule has 1 aromatic carbocycles. The number of hydrogen-bond donors (Lipinski definition) is 2. The Bertz CT molecular complexity index is 616. The summed E-state index contributed by atoms with van der Waals surface area (Å²) in [5.41, 5.74) is 0.162. The Hall–Kier alpha value is -2.35. The van der Waals surface area contributed by atoms with Crippen molar-refractivity contribution in [2.45, 2.75) is 19.5 Å². The smallest absolute Gasteiger partial charge is 0.305 e. The van der Waals surface area contributed by atoms with E-state index in [-0.39, 0.29) is 18.2 Å². The van der Waals surface area contributed by atoms with Crippen LogP contribution in [-0.2, 0) is 6.54 Å². The summed E-state index contributed by atoms with van der Waals surface area (Å²) >= 11 is 0. The third kappa shape index (κ3) is 2.97. The molecule has 1 aromatic heterocycles. The van der Waals surface area contributed by atoms with Crippen molar-refractivity contribution in [3.8, 4) is 0 Å². The van der Waals surface area contributed by atoms with E-state index in [1.165, 1.54) is 0 Å². The maximum absolute atomic E-state index is 13.6. The number of halogens is 2. The highest BCUT2D eigenvalue weighted by molar-refractivity contribution is 5.37. The molecule has 0 bridgehead atoms. The van der Waals surface area contributed by atoms with E-state index in [1.54, 1.807) is 12.4 Å². The molecule has 2 aromatic rings. The molecule has 2 rings (SSSR count). The van der Waals surface area contributed by atoms with Gasteiger partial charge in [-0.25, -0.2) is 4.39 Å². The molecule has 106 valence electrons. The van der Waals surface area contributed by atoms with Crippen molar-refractivity contribution in [1.29, 1.82) is 0 Å². The van der Waals surface area contributed by atoms with E-state index in [1.807, 2.05) is 6.92 Å². The zero-order chi connectivity index (χ0) is 14.7. The molecule has 0 amide bonds. The fourth-order valence-corrected chi connectivity index (χ4v) is 1.73. The molecular weight excluding hydrogens is 270 g/mol. The van der Waals surface area contributed by atoms with Crippen LogP contribution in [0.3, 0.4) is 0 Å². The van der Waals surface area contributed by atoms with Gasteiger partial charge < -0.3 is 5.32 Å². The standard InChI is InChI=1S/C12H12F2N4O2/c1-7(9-5-16-17-6-9)15-4-8-2-12(18(19)20)11(14)3-10(8)13/h2-3,5-7,15H,4H2,1H3,(H,16,17). The van der Waals surface area contributed by atoms with E-state index < -0.39 is 22.2 Å². The van der Waals surface area contributed by atoms with Gasteiger partial charge in [0.05, 0.1) is 11.1 Å². The van der Waals surface area contributed by atoms with Gasteiger partial charge in [-0.15, -0.1) is 0 Å². The average molecular weight is 282 g/mol. The number of nitro groups is 1.